The molecule has 0 atom stereocenters. The van der Waals surface area contributed by atoms with E-state index in [1.54, 1.807) is 31.0 Å². The van der Waals surface area contributed by atoms with Crippen LogP contribution >= 0.6 is 11.3 Å². The van der Waals surface area contributed by atoms with Gasteiger partial charge in [-0.1, -0.05) is 29.5 Å². The molecule has 10 heteroatoms. The Labute approximate surface area is 199 Å². The minimum Gasteiger partial charge on any atom is -0.493 e. The van der Waals surface area contributed by atoms with E-state index in [9.17, 15) is 9.59 Å². The molecule has 0 fully saturated rings. The van der Waals surface area contributed by atoms with Crippen molar-refractivity contribution in [2.45, 2.75) is 0 Å². The maximum atomic E-state index is 12.5. The average molecular weight is 476 g/mol. The van der Waals surface area contributed by atoms with E-state index >= 15 is 0 Å². The predicted octanol–water partition coefficient (Wildman–Crippen LogP) is 3.76. The number of nitrogens with zero attached hydrogens (tertiary/aromatic N) is 3. The maximum Gasteiger partial charge on any atom is 0.260 e. The molecule has 0 radical (unpaired) electrons. The van der Waals surface area contributed by atoms with Crippen molar-refractivity contribution in [2.75, 3.05) is 19.5 Å². The molecule has 9 nitrogen and oxygen atoms in total. The van der Waals surface area contributed by atoms with Gasteiger partial charge in [-0.25, -0.2) is 9.67 Å². The first-order valence-electron chi connectivity index (χ1n) is 10.1. The van der Waals surface area contributed by atoms with Crippen LogP contribution in [0, 0.1) is 0 Å². The van der Waals surface area contributed by atoms with Gasteiger partial charge >= 0.3 is 0 Å². The lowest BCUT2D eigenvalue weighted by molar-refractivity contribution is -0.111. The summed E-state index contributed by atoms with van der Waals surface area (Å²) >= 11 is 1.01. The Kier molecular flexibility index (Phi) is 6.69. The predicted molar refractivity (Wildman–Crippen MR) is 130 cm³/mol. The summed E-state index contributed by atoms with van der Waals surface area (Å²) < 4.78 is 12.5. The highest BCUT2D eigenvalue weighted by Gasteiger charge is 2.14. The molecule has 0 spiro atoms. The summed E-state index contributed by atoms with van der Waals surface area (Å²) in [5, 5.41) is 7.65. The molecule has 0 saturated carbocycles. The van der Waals surface area contributed by atoms with Gasteiger partial charge in [0.25, 0.3) is 5.91 Å². The first kappa shape index (κ1) is 22.7. The molecule has 2 aromatic carbocycles. The number of nitrogens with one attached hydrogen (secondary N) is 1. The summed E-state index contributed by atoms with van der Waals surface area (Å²) in [6, 6.07) is 15.1. The van der Waals surface area contributed by atoms with Gasteiger partial charge in [0.05, 0.1) is 26.1 Å². The Bertz CT molecular complexity index is 1360. The lowest BCUT2D eigenvalue weighted by Crippen LogP contribution is -2.08. The van der Waals surface area contributed by atoms with Crippen molar-refractivity contribution in [2.24, 2.45) is 5.73 Å². The molecular weight excluding hydrogens is 454 g/mol. The monoisotopic (exact) mass is 475 g/mol. The molecule has 172 valence electrons. The van der Waals surface area contributed by atoms with E-state index in [4.69, 9.17) is 20.3 Å². The minimum absolute atomic E-state index is 0.263. The van der Waals surface area contributed by atoms with Gasteiger partial charge < -0.3 is 15.2 Å². The number of carbonyl (C=O) groups is 2. The van der Waals surface area contributed by atoms with Crippen LogP contribution in [-0.4, -0.2) is 40.8 Å². The van der Waals surface area contributed by atoms with Crippen molar-refractivity contribution >= 4 is 34.4 Å². The largest absolute Gasteiger partial charge is 0.493 e. The van der Waals surface area contributed by atoms with Crippen LogP contribution in [0.4, 0.5) is 5.13 Å². The number of rotatable bonds is 8. The van der Waals surface area contributed by atoms with Gasteiger partial charge in [-0.05, 0) is 36.4 Å². The zero-order valence-electron chi connectivity index (χ0n) is 18.4. The topological polar surface area (TPSA) is 121 Å². The van der Waals surface area contributed by atoms with E-state index < -0.39 is 11.8 Å². The second-order valence-corrected chi connectivity index (χ2v) is 8.03. The number of thiazole rings is 1. The summed E-state index contributed by atoms with van der Waals surface area (Å²) in [7, 11) is 3.14. The van der Waals surface area contributed by atoms with Gasteiger partial charge in [-0.2, -0.15) is 5.10 Å². The second-order valence-electron chi connectivity index (χ2n) is 7.00. The molecule has 0 unspecified atom stereocenters. The normalized spacial score (nSPS) is 10.9. The number of amides is 2. The number of hydrogen-bond acceptors (Lipinski definition) is 7. The van der Waals surface area contributed by atoms with Crippen molar-refractivity contribution in [1.29, 1.82) is 0 Å². The fourth-order valence-corrected chi connectivity index (χ4v) is 3.86. The maximum absolute atomic E-state index is 12.5. The quantitative estimate of drug-likeness (QED) is 0.374. The third kappa shape index (κ3) is 4.97. The zero-order chi connectivity index (χ0) is 24.1. The number of anilines is 1. The molecule has 0 bridgehead atoms. The fraction of sp³-hybridized carbons (Fsp3) is 0.0833. The third-order valence-electron chi connectivity index (χ3n) is 4.81. The van der Waals surface area contributed by atoms with Crippen LogP contribution in [-0.2, 0) is 4.79 Å². The summed E-state index contributed by atoms with van der Waals surface area (Å²) in [6.45, 7) is 0. The Balaban J connectivity index is 1.67. The van der Waals surface area contributed by atoms with Crippen molar-refractivity contribution < 1.29 is 19.1 Å². The molecule has 2 heterocycles. The van der Waals surface area contributed by atoms with E-state index in [0.29, 0.717) is 22.8 Å². The van der Waals surface area contributed by atoms with Crippen LogP contribution in [0.25, 0.3) is 23.0 Å². The summed E-state index contributed by atoms with van der Waals surface area (Å²) in [5.74, 6) is 0.164. The van der Waals surface area contributed by atoms with Crippen molar-refractivity contribution in [1.82, 2.24) is 14.8 Å². The van der Waals surface area contributed by atoms with Crippen LogP contribution in [0.3, 0.4) is 0 Å². The van der Waals surface area contributed by atoms with Gasteiger partial charge in [0, 0.05) is 23.4 Å². The fourth-order valence-electron chi connectivity index (χ4n) is 3.19. The Morgan fingerprint density at radius 3 is 2.53 bits per heavy atom. The smallest absolute Gasteiger partial charge is 0.260 e. The first-order valence-corrected chi connectivity index (χ1v) is 10.9. The molecule has 2 aromatic heterocycles. The van der Waals surface area contributed by atoms with Gasteiger partial charge in [0.2, 0.25) is 5.91 Å². The first-order chi connectivity index (χ1) is 16.5. The minimum atomic E-state index is -0.596. The Hall–Kier alpha value is -4.44. The van der Waals surface area contributed by atoms with E-state index in [-0.39, 0.29) is 10.0 Å². The number of primary amides is 1. The number of hydrogen-bond donors (Lipinski definition) is 2. The van der Waals surface area contributed by atoms with Crippen molar-refractivity contribution in [3.05, 3.63) is 77.4 Å². The number of methoxy groups -OCH3 is 2. The van der Waals surface area contributed by atoms with Crippen LogP contribution in [0.1, 0.15) is 15.2 Å². The standard InChI is InChI=1S/C24H21N5O4S/c1-32-18-10-8-15(12-19(18)33-2)22-16(14-29(28-22)17-6-4-3-5-7-17)9-11-21(30)27-24-26-13-20(34-24)23(25)31/h3-14H,1-2H3,(H2,25,31)(H,26,27,30). The number of nitrogens with two attached hydrogens (primary N) is 1. The molecule has 0 aliphatic heterocycles. The van der Waals surface area contributed by atoms with E-state index in [2.05, 4.69) is 10.3 Å². The van der Waals surface area contributed by atoms with Crippen LogP contribution in [0.5, 0.6) is 11.5 Å². The Morgan fingerprint density at radius 2 is 1.85 bits per heavy atom. The SMILES string of the molecule is COc1ccc(-c2nn(-c3ccccc3)cc2C=CC(=O)Nc2ncc(C(N)=O)s2)cc1OC. The molecule has 34 heavy (non-hydrogen) atoms. The number of para-hydroxylation sites is 1. The summed E-state index contributed by atoms with van der Waals surface area (Å²) in [6.07, 6.45) is 6.20. The molecule has 4 aromatic rings. The van der Waals surface area contributed by atoms with Crippen molar-refractivity contribution in [3.8, 4) is 28.4 Å². The Morgan fingerprint density at radius 1 is 1.09 bits per heavy atom. The lowest BCUT2D eigenvalue weighted by Gasteiger charge is -2.09. The zero-order valence-corrected chi connectivity index (χ0v) is 19.2. The molecule has 3 N–H and O–H groups in total. The molecule has 2 amide bonds. The van der Waals surface area contributed by atoms with Crippen LogP contribution in [0.2, 0.25) is 0 Å². The molecular formula is C24H21N5O4S. The second kappa shape index (κ2) is 10.0. The summed E-state index contributed by atoms with van der Waals surface area (Å²) in [5.41, 5.74) is 8.26. The van der Waals surface area contributed by atoms with Gasteiger partial charge in [-0.15, -0.1) is 0 Å². The highest BCUT2D eigenvalue weighted by Crippen LogP contribution is 2.33. The molecule has 0 saturated heterocycles. The third-order valence-corrected chi connectivity index (χ3v) is 5.74. The number of benzene rings is 2. The van der Waals surface area contributed by atoms with E-state index in [1.165, 1.54) is 12.3 Å². The number of aromatic nitrogens is 3. The molecule has 0 aliphatic rings. The van der Waals surface area contributed by atoms with Crippen LogP contribution in [0.15, 0.2) is 67.0 Å². The van der Waals surface area contributed by atoms with Crippen molar-refractivity contribution in [3.63, 3.8) is 0 Å². The van der Waals surface area contributed by atoms with Crippen LogP contribution < -0.4 is 20.5 Å². The average Bonchev–Trinajstić information content (AvgIpc) is 3.50. The lowest BCUT2D eigenvalue weighted by atomic mass is 10.1. The van der Waals surface area contributed by atoms with Gasteiger partial charge in [-0.3, -0.25) is 14.9 Å². The van der Waals surface area contributed by atoms with Gasteiger partial charge in [0.15, 0.2) is 16.6 Å². The summed E-state index contributed by atoms with van der Waals surface area (Å²) in [4.78, 5) is 27.9. The van der Waals surface area contributed by atoms with E-state index in [1.807, 2.05) is 48.7 Å². The highest BCUT2D eigenvalue weighted by molar-refractivity contribution is 7.17. The molecule has 4 rings (SSSR count). The molecule has 0 aliphatic carbocycles. The van der Waals surface area contributed by atoms with Gasteiger partial charge in [0.1, 0.15) is 10.6 Å². The number of carbonyl (C=O) groups excluding carboxylic acids is 2. The number of ether oxygens (including phenoxy) is 2. The highest BCUT2D eigenvalue weighted by atomic mass is 32.1. The van der Waals surface area contributed by atoms with E-state index in [0.717, 1.165) is 22.6 Å².